The first-order valence-electron chi connectivity index (χ1n) is 9.11. The van der Waals surface area contributed by atoms with Crippen molar-refractivity contribution in [1.29, 1.82) is 0 Å². The molecule has 1 fully saturated rings. The van der Waals surface area contributed by atoms with E-state index in [0.29, 0.717) is 30.5 Å². The number of hydrogen-bond donors (Lipinski definition) is 0. The largest absolute Gasteiger partial charge is 0.342 e. The Morgan fingerprint density at radius 2 is 2.04 bits per heavy atom. The van der Waals surface area contributed by atoms with Gasteiger partial charge in [0.1, 0.15) is 5.78 Å². The van der Waals surface area contributed by atoms with E-state index in [2.05, 4.69) is 19.2 Å². The first-order chi connectivity index (χ1) is 11.4. The van der Waals surface area contributed by atoms with Crippen molar-refractivity contribution in [2.24, 2.45) is 11.8 Å². The summed E-state index contributed by atoms with van der Waals surface area (Å²) in [7, 11) is 0. The summed E-state index contributed by atoms with van der Waals surface area (Å²) in [5, 5.41) is 3.21. The third-order valence-corrected chi connectivity index (χ3v) is 5.60. The van der Waals surface area contributed by atoms with Crippen LogP contribution in [0.4, 0.5) is 0 Å². The standard InChI is InChI=1S/C19H30N2O2S.CH4/c1-13(2)10-18(23)21-9-5-6-15(11-21)19-20-16(12-24-19)7-8-17(22)14(3)4;/h12-15H,5-11H2,1-4H3;1H4. The number of carbonyl (C=O) groups is 2. The molecule has 1 aliphatic heterocycles. The number of nitrogens with zero attached hydrogens (tertiary/aromatic N) is 2. The number of hydrogen-bond acceptors (Lipinski definition) is 4. The van der Waals surface area contributed by atoms with E-state index in [0.717, 1.165) is 43.1 Å². The normalized spacial score (nSPS) is 17.7. The van der Waals surface area contributed by atoms with E-state index in [9.17, 15) is 9.59 Å². The van der Waals surface area contributed by atoms with Gasteiger partial charge in [0.25, 0.3) is 0 Å². The van der Waals surface area contributed by atoms with Crippen molar-refractivity contribution in [3.8, 4) is 0 Å². The fourth-order valence-corrected chi connectivity index (χ4v) is 4.03. The van der Waals surface area contributed by atoms with Crippen LogP contribution in [0, 0.1) is 11.8 Å². The summed E-state index contributed by atoms with van der Waals surface area (Å²) in [6, 6.07) is 0. The molecule has 25 heavy (non-hydrogen) atoms. The Bertz CT molecular complexity index is 566. The lowest BCUT2D eigenvalue weighted by Crippen LogP contribution is -2.39. The summed E-state index contributed by atoms with van der Waals surface area (Å²) >= 11 is 1.68. The minimum atomic E-state index is 0. The third-order valence-electron chi connectivity index (χ3n) is 4.55. The molecule has 2 heterocycles. The SMILES string of the molecule is C.CC(C)CC(=O)N1CCCC(c2nc(CCC(=O)C(C)C)cs2)C1. The van der Waals surface area contributed by atoms with E-state index < -0.39 is 0 Å². The molecule has 0 aromatic carbocycles. The molecular formula is C20H34N2O2S. The average Bonchev–Trinajstić information content (AvgIpc) is 3.01. The van der Waals surface area contributed by atoms with Gasteiger partial charge < -0.3 is 4.90 Å². The molecule has 1 aromatic heterocycles. The van der Waals surface area contributed by atoms with Gasteiger partial charge in [-0.15, -0.1) is 11.3 Å². The molecule has 0 saturated carbocycles. The Morgan fingerprint density at radius 1 is 1.32 bits per heavy atom. The van der Waals surface area contributed by atoms with E-state index >= 15 is 0 Å². The molecule has 2 rings (SSSR count). The third kappa shape index (κ3) is 6.53. The maximum absolute atomic E-state index is 12.3. The zero-order valence-electron chi connectivity index (χ0n) is 15.4. The number of carbonyl (C=O) groups excluding carboxylic acids is 2. The molecule has 0 bridgehead atoms. The Labute approximate surface area is 157 Å². The highest BCUT2D eigenvalue weighted by Gasteiger charge is 2.26. The summed E-state index contributed by atoms with van der Waals surface area (Å²) in [4.78, 5) is 30.8. The van der Waals surface area contributed by atoms with Gasteiger partial charge in [-0.25, -0.2) is 4.98 Å². The fraction of sp³-hybridized carbons (Fsp3) is 0.750. The highest BCUT2D eigenvalue weighted by molar-refractivity contribution is 7.09. The Hall–Kier alpha value is -1.23. The maximum Gasteiger partial charge on any atom is 0.222 e. The number of aryl methyl sites for hydroxylation is 1. The molecule has 0 spiro atoms. The van der Waals surface area contributed by atoms with Gasteiger partial charge in [0.05, 0.1) is 10.7 Å². The van der Waals surface area contributed by atoms with Crippen LogP contribution >= 0.6 is 11.3 Å². The number of rotatable bonds is 7. The fourth-order valence-electron chi connectivity index (χ4n) is 3.05. The molecule has 5 heteroatoms. The molecule has 1 saturated heterocycles. The second-order valence-electron chi connectivity index (χ2n) is 7.57. The first kappa shape index (κ1) is 21.8. The molecule has 4 nitrogen and oxygen atoms in total. The number of ketones is 1. The number of Topliss-reactive ketones (excluding diaryl/α,β-unsaturated/α-hetero) is 1. The summed E-state index contributed by atoms with van der Waals surface area (Å²) in [6.07, 6.45) is 4.09. The predicted molar refractivity (Wildman–Crippen MR) is 105 cm³/mol. The van der Waals surface area contributed by atoms with E-state index in [-0.39, 0.29) is 19.3 Å². The highest BCUT2D eigenvalue weighted by atomic mass is 32.1. The van der Waals surface area contributed by atoms with Crippen LogP contribution in [0.3, 0.4) is 0 Å². The molecule has 1 unspecified atom stereocenters. The van der Waals surface area contributed by atoms with E-state index in [4.69, 9.17) is 4.98 Å². The summed E-state index contributed by atoms with van der Waals surface area (Å²) in [6.45, 7) is 9.74. The molecule has 142 valence electrons. The van der Waals surface area contributed by atoms with Crippen LogP contribution in [0.5, 0.6) is 0 Å². The lowest BCUT2D eigenvalue weighted by atomic mass is 9.97. The van der Waals surface area contributed by atoms with Crippen LogP contribution in [0.25, 0.3) is 0 Å². The topological polar surface area (TPSA) is 50.3 Å². The number of piperidine rings is 1. The van der Waals surface area contributed by atoms with E-state index in [1.807, 2.05) is 18.7 Å². The van der Waals surface area contributed by atoms with Crippen LogP contribution in [0.15, 0.2) is 5.38 Å². The zero-order chi connectivity index (χ0) is 17.7. The van der Waals surface area contributed by atoms with Crippen LogP contribution in [0.1, 0.15) is 77.4 Å². The van der Waals surface area contributed by atoms with Gasteiger partial charge in [-0.3, -0.25) is 9.59 Å². The van der Waals surface area contributed by atoms with Crippen LogP contribution in [-0.2, 0) is 16.0 Å². The van der Waals surface area contributed by atoms with Gasteiger partial charge in [-0.2, -0.15) is 0 Å². The van der Waals surface area contributed by atoms with Crippen LogP contribution in [-0.4, -0.2) is 34.7 Å². The van der Waals surface area contributed by atoms with Crippen LogP contribution in [0.2, 0.25) is 0 Å². The van der Waals surface area contributed by atoms with Gasteiger partial charge in [0.15, 0.2) is 0 Å². The molecule has 0 N–H and O–H groups in total. The second kappa shape index (κ2) is 10.0. The number of thiazole rings is 1. The highest BCUT2D eigenvalue weighted by Crippen LogP contribution is 2.30. The van der Waals surface area contributed by atoms with Gasteiger partial charge in [-0.05, 0) is 25.2 Å². The van der Waals surface area contributed by atoms with Gasteiger partial charge in [0.2, 0.25) is 5.91 Å². The van der Waals surface area contributed by atoms with Gasteiger partial charge in [0, 0.05) is 43.1 Å². The molecular weight excluding hydrogens is 332 g/mol. The Kier molecular flexibility index (Phi) is 8.77. The van der Waals surface area contributed by atoms with Gasteiger partial charge >= 0.3 is 0 Å². The number of likely N-dealkylation sites (tertiary alicyclic amines) is 1. The monoisotopic (exact) mass is 366 g/mol. The van der Waals surface area contributed by atoms with Crippen molar-refractivity contribution < 1.29 is 9.59 Å². The molecule has 0 aliphatic carbocycles. The second-order valence-corrected chi connectivity index (χ2v) is 8.46. The van der Waals surface area contributed by atoms with Crippen molar-refractivity contribution in [2.45, 2.75) is 73.1 Å². The zero-order valence-corrected chi connectivity index (χ0v) is 16.2. The predicted octanol–water partition coefficient (Wildman–Crippen LogP) is 4.69. The van der Waals surface area contributed by atoms with Crippen LogP contribution < -0.4 is 0 Å². The number of amides is 1. The quantitative estimate of drug-likeness (QED) is 0.703. The van der Waals surface area contributed by atoms with Gasteiger partial charge in [-0.1, -0.05) is 35.1 Å². The lowest BCUT2D eigenvalue weighted by molar-refractivity contribution is -0.133. The molecule has 0 radical (unpaired) electrons. The molecule has 1 atom stereocenters. The van der Waals surface area contributed by atoms with E-state index in [1.165, 1.54) is 0 Å². The Balaban J connectivity index is 0.00000312. The Morgan fingerprint density at radius 3 is 2.68 bits per heavy atom. The smallest absolute Gasteiger partial charge is 0.222 e. The molecule has 1 aliphatic rings. The average molecular weight is 367 g/mol. The van der Waals surface area contributed by atoms with Crippen molar-refractivity contribution in [3.05, 3.63) is 16.1 Å². The van der Waals surface area contributed by atoms with Crippen molar-refractivity contribution in [3.63, 3.8) is 0 Å². The van der Waals surface area contributed by atoms with E-state index in [1.54, 1.807) is 11.3 Å². The summed E-state index contributed by atoms with van der Waals surface area (Å²) in [5.74, 6) is 1.43. The van der Waals surface area contributed by atoms with Crippen molar-refractivity contribution in [2.75, 3.05) is 13.1 Å². The molecule has 1 amide bonds. The molecule has 1 aromatic rings. The van der Waals surface area contributed by atoms with Crippen molar-refractivity contribution >= 4 is 23.0 Å². The minimum Gasteiger partial charge on any atom is -0.342 e. The summed E-state index contributed by atoms with van der Waals surface area (Å²) < 4.78 is 0. The maximum atomic E-state index is 12.3. The minimum absolute atomic E-state index is 0. The van der Waals surface area contributed by atoms with Crippen molar-refractivity contribution in [1.82, 2.24) is 9.88 Å². The summed E-state index contributed by atoms with van der Waals surface area (Å²) in [5.41, 5.74) is 1.02. The first-order valence-corrected chi connectivity index (χ1v) is 9.99. The number of aromatic nitrogens is 1. The lowest BCUT2D eigenvalue weighted by Gasteiger charge is -2.32.